The van der Waals surface area contributed by atoms with Crippen LogP contribution in [-0.2, 0) is 11.3 Å². The summed E-state index contributed by atoms with van der Waals surface area (Å²) in [4.78, 5) is 16.8. The Bertz CT molecular complexity index is 889. The van der Waals surface area contributed by atoms with Crippen molar-refractivity contribution in [1.29, 1.82) is 0 Å². The Morgan fingerprint density at radius 1 is 1.12 bits per heavy atom. The Balaban J connectivity index is 1.35. The van der Waals surface area contributed by atoms with Crippen LogP contribution in [0.2, 0.25) is 0 Å². The summed E-state index contributed by atoms with van der Waals surface area (Å²) in [6.45, 7) is 1.01. The summed E-state index contributed by atoms with van der Waals surface area (Å²) in [5.41, 5.74) is 2.75. The number of fused-ring (bicyclic) bond motifs is 1. The van der Waals surface area contributed by atoms with Gasteiger partial charge in [0.1, 0.15) is 12.0 Å². The van der Waals surface area contributed by atoms with Crippen LogP contribution in [-0.4, -0.2) is 17.5 Å². The number of nitrogens with zero attached hydrogens (tertiary/aromatic N) is 1. The van der Waals surface area contributed by atoms with E-state index in [0.29, 0.717) is 31.2 Å². The number of rotatable bonds is 5. The van der Waals surface area contributed by atoms with Crippen LogP contribution in [0.25, 0.3) is 11.5 Å². The lowest BCUT2D eigenvalue weighted by Crippen LogP contribution is -2.26. The average Bonchev–Trinajstić information content (AvgIpc) is 3.17. The third kappa shape index (κ3) is 3.61. The lowest BCUT2D eigenvalue weighted by atomic mass is 9.90. The second-order valence-corrected chi connectivity index (χ2v) is 6.36. The van der Waals surface area contributed by atoms with Gasteiger partial charge in [0.15, 0.2) is 0 Å². The van der Waals surface area contributed by atoms with Crippen molar-refractivity contribution in [2.24, 2.45) is 0 Å². The third-order valence-corrected chi connectivity index (χ3v) is 4.55. The first-order valence-corrected chi connectivity index (χ1v) is 8.78. The molecule has 0 spiro atoms. The molecule has 1 N–H and O–H groups in total. The summed E-state index contributed by atoms with van der Waals surface area (Å²) in [5, 5.41) is 2.94. The Kier molecular flexibility index (Phi) is 4.69. The maximum atomic E-state index is 12.4. The van der Waals surface area contributed by atoms with Crippen molar-refractivity contribution < 1.29 is 13.9 Å². The molecule has 0 fully saturated rings. The molecule has 1 aromatic heterocycles. The quantitative estimate of drug-likeness (QED) is 0.759. The molecule has 132 valence electrons. The molecule has 0 radical (unpaired) electrons. The van der Waals surface area contributed by atoms with Crippen LogP contribution in [0, 0.1) is 0 Å². The molecule has 0 unspecified atom stereocenters. The minimum Gasteiger partial charge on any atom is -0.493 e. The number of amides is 1. The number of aromatic nitrogens is 1. The van der Waals surface area contributed by atoms with Gasteiger partial charge >= 0.3 is 0 Å². The topological polar surface area (TPSA) is 64.4 Å². The highest BCUT2D eigenvalue weighted by molar-refractivity contribution is 5.77. The number of carbonyl (C=O) groups is 1. The Hall–Kier alpha value is -3.08. The van der Waals surface area contributed by atoms with Gasteiger partial charge in [-0.25, -0.2) is 4.98 Å². The van der Waals surface area contributed by atoms with E-state index >= 15 is 0 Å². The summed E-state index contributed by atoms with van der Waals surface area (Å²) in [6, 6.07) is 17.6. The first-order valence-electron chi connectivity index (χ1n) is 8.78. The van der Waals surface area contributed by atoms with Crippen LogP contribution in [0.15, 0.2) is 65.3 Å². The van der Waals surface area contributed by atoms with E-state index in [0.717, 1.165) is 23.3 Å². The van der Waals surface area contributed by atoms with E-state index in [9.17, 15) is 4.79 Å². The molecule has 2 heterocycles. The van der Waals surface area contributed by atoms with Crippen LogP contribution < -0.4 is 10.1 Å². The van der Waals surface area contributed by atoms with Gasteiger partial charge < -0.3 is 14.5 Å². The first kappa shape index (κ1) is 16.4. The van der Waals surface area contributed by atoms with E-state index in [1.54, 1.807) is 6.26 Å². The highest BCUT2D eigenvalue weighted by Gasteiger charge is 2.23. The predicted octanol–water partition coefficient (Wildman–Crippen LogP) is 3.91. The average molecular weight is 348 g/mol. The van der Waals surface area contributed by atoms with Crippen LogP contribution in [0.5, 0.6) is 5.75 Å². The van der Waals surface area contributed by atoms with Crippen LogP contribution in [0.3, 0.4) is 0 Å². The Labute approximate surface area is 152 Å². The third-order valence-electron chi connectivity index (χ3n) is 4.55. The van der Waals surface area contributed by atoms with E-state index in [1.165, 1.54) is 0 Å². The van der Waals surface area contributed by atoms with Gasteiger partial charge in [0.25, 0.3) is 0 Å². The molecule has 5 heteroatoms. The van der Waals surface area contributed by atoms with Crippen LogP contribution in [0.1, 0.15) is 30.0 Å². The van der Waals surface area contributed by atoms with Crippen molar-refractivity contribution in [2.75, 3.05) is 6.61 Å². The predicted molar refractivity (Wildman–Crippen MR) is 97.7 cm³/mol. The number of benzene rings is 2. The van der Waals surface area contributed by atoms with E-state index < -0.39 is 0 Å². The summed E-state index contributed by atoms with van der Waals surface area (Å²) in [5.74, 6) is 1.65. The van der Waals surface area contributed by atoms with Gasteiger partial charge in [0, 0.05) is 12.0 Å². The molecule has 1 amide bonds. The lowest BCUT2D eigenvalue weighted by Gasteiger charge is -2.25. The fourth-order valence-corrected chi connectivity index (χ4v) is 3.21. The standard InChI is InChI=1S/C21H20N2O3/c24-20(12-16-10-11-25-19-9-5-4-8-18(16)19)22-13-17-14-26-21(23-17)15-6-2-1-3-7-15/h1-9,14,16H,10-13H2,(H,22,24)/t16-/m0/s1. The molecule has 5 nitrogen and oxygen atoms in total. The lowest BCUT2D eigenvalue weighted by molar-refractivity contribution is -0.121. The van der Waals surface area contributed by atoms with Gasteiger partial charge in [-0.3, -0.25) is 4.79 Å². The van der Waals surface area contributed by atoms with Gasteiger partial charge in [0.05, 0.1) is 18.8 Å². The van der Waals surface area contributed by atoms with E-state index in [1.807, 2.05) is 54.6 Å². The van der Waals surface area contributed by atoms with Crippen LogP contribution in [0.4, 0.5) is 0 Å². The minimum absolute atomic E-state index is 0.0102. The van der Waals surface area contributed by atoms with Gasteiger partial charge in [-0.15, -0.1) is 0 Å². The maximum absolute atomic E-state index is 12.4. The normalized spacial score (nSPS) is 15.8. The molecule has 4 rings (SSSR count). The Morgan fingerprint density at radius 2 is 1.92 bits per heavy atom. The number of carbonyl (C=O) groups excluding carboxylic acids is 1. The molecule has 0 saturated carbocycles. The monoisotopic (exact) mass is 348 g/mol. The van der Waals surface area contributed by atoms with Crippen molar-refractivity contribution >= 4 is 5.91 Å². The maximum Gasteiger partial charge on any atom is 0.226 e. The zero-order chi connectivity index (χ0) is 17.8. The van der Waals surface area contributed by atoms with Crippen molar-refractivity contribution in [3.63, 3.8) is 0 Å². The Morgan fingerprint density at radius 3 is 2.81 bits per heavy atom. The second kappa shape index (κ2) is 7.44. The van der Waals surface area contributed by atoms with Gasteiger partial charge in [-0.05, 0) is 36.1 Å². The van der Waals surface area contributed by atoms with Gasteiger partial charge in [-0.1, -0.05) is 36.4 Å². The van der Waals surface area contributed by atoms with E-state index in [-0.39, 0.29) is 11.8 Å². The summed E-state index contributed by atoms with van der Waals surface area (Å²) in [6.07, 6.45) is 2.89. The van der Waals surface area contributed by atoms with E-state index in [2.05, 4.69) is 10.3 Å². The summed E-state index contributed by atoms with van der Waals surface area (Å²) in [7, 11) is 0. The summed E-state index contributed by atoms with van der Waals surface area (Å²) < 4.78 is 11.2. The SMILES string of the molecule is O=C(C[C@@H]1CCOc2ccccc21)NCc1coc(-c2ccccc2)n1. The number of para-hydroxylation sites is 1. The smallest absolute Gasteiger partial charge is 0.226 e. The van der Waals surface area contributed by atoms with Crippen molar-refractivity contribution in [1.82, 2.24) is 10.3 Å². The number of oxazole rings is 1. The number of hydrogen-bond donors (Lipinski definition) is 1. The first-order chi connectivity index (χ1) is 12.8. The molecule has 26 heavy (non-hydrogen) atoms. The zero-order valence-electron chi connectivity index (χ0n) is 14.4. The summed E-state index contributed by atoms with van der Waals surface area (Å²) >= 11 is 0. The largest absolute Gasteiger partial charge is 0.493 e. The van der Waals surface area contributed by atoms with Crippen molar-refractivity contribution in [2.45, 2.75) is 25.3 Å². The van der Waals surface area contributed by atoms with Crippen molar-refractivity contribution in [3.05, 3.63) is 72.1 Å². The van der Waals surface area contributed by atoms with Gasteiger partial charge in [0.2, 0.25) is 11.8 Å². The number of ether oxygens (including phenoxy) is 1. The molecule has 1 aliphatic heterocycles. The molecule has 1 aliphatic rings. The van der Waals surface area contributed by atoms with Gasteiger partial charge in [-0.2, -0.15) is 0 Å². The molecular weight excluding hydrogens is 328 g/mol. The molecule has 3 aromatic rings. The van der Waals surface area contributed by atoms with Crippen molar-refractivity contribution in [3.8, 4) is 17.2 Å². The molecule has 0 bridgehead atoms. The highest BCUT2D eigenvalue weighted by Crippen LogP contribution is 2.35. The molecule has 0 aliphatic carbocycles. The minimum atomic E-state index is 0.0102. The number of nitrogens with one attached hydrogen (secondary N) is 1. The zero-order valence-corrected chi connectivity index (χ0v) is 14.4. The molecular formula is C21H20N2O3. The fourth-order valence-electron chi connectivity index (χ4n) is 3.21. The fraction of sp³-hybridized carbons (Fsp3) is 0.238. The molecule has 0 saturated heterocycles. The molecule has 2 aromatic carbocycles. The van der Waals surface area contributed by atoms with E-state index in [4.69, 9.17) is 9.15 Å². The van der Waals surface area contributed by atoms with Crippen LogP contribution >= 0.6 is 0 Å². The number of hydrogen-bond acceptors (Lipinski definition) is 4. The second-order valence-electron chi connectivity index (χ2n) is 6.36. The molecule has 1 atom stereocenters. The highest BCUT2D eigenvalue weighted by atomic mass is 16.5.